The van der Waals surface area contributed by atoms with Gasteiger partial charge in [-0.1, -0.05) is 6.07 Å². The van der Waals surface area contributed by atoms with E-state index in [1.165, 1.54) is 0 Å². The smallest absolute Gasteiger partial charge is 0.220 e. The Morgan fingerprint density at radius 2 is 2.00 bits per heavy atom. The molecule has 1 heterocycles. The Bertz CT molecular complexity index is 611. The summed E-state index contributed by atoms with van der Waals surface area (Å²) in [7, 11) is 0. The summed E-state index contributed by atoms with van der Waals surface area (Å²) in [6.07, 6.45) is 1.70. The zero-order valence-corrected chi connectivity index (χ0v) is 9.73. The summed E-state index contributed by atoms with van der Waals surface area (Å²) in [5.74, 6) is 0.259. The normalized spacial score (nSPS) is 9.94. The van der Waals surface area contributed by atoms with Crippen LogP contribution in [0.4, 0.5) is 5.95 Å². The lowest BCUT2D eigenvalue weighted by Gasteiger charge is -2.08. The van der Waals surface area contributed by atoms with Gasteiger partial charge in [0.2, 0.25) is 5.95 Å². The van der Waals surface area contributed by atoms with Crippen molar-refractivity contribution in [3.63, 3.8) is 0 Å². The van der Waals surface area contributed by atoms with Gasteiger partial charge in [-0.05, 0) is 37.1 Å². The number of rotatable bonds is 1. The highest BCUT2D eigenvalue weighted by Gasteiger charge is 2.08. The van der Waals surface area contributed by atoms with Crippen LogP contribution in [0.1, 0.15) is 16.7 Å². The molecule has 1 aromatic heterocycles. The fraction of sp³-hybridized carbons (Fsp3) is 0.154. The molecule has 2 rings (SSSR count). The van der Waals surface area contributed by atoms with Gasteiger partial charge in [0.15, 0.2) is 0 Å². The predicted molar refractivity (Wildman–Crippen MR) is 66.1 cm³/mol. The van der Waals surface area contributed by atoms with E-state index in [4.69, 9.17) is 11.0 Å². The molecule has 4 nitrogen and oxygen atoms in total. The number of nitrogens with two attached hydrogens (primary N) is 1. The van der Waals surface area contributed by atoms with Gasteiger partial charge in [-0.15, -0.1) is 0 Å². The summed E-state index contributed by atoms with van der Waals surface area (Å²) in [6.45, 7) is 3.89. The Morgan fingerprint density at radius 1 is 1.24 bits per heavy atom. The number of aryl methyl sites for hydroxylation is 2. The first kappa shape index (κ1) is 11.1. The van der Waals surface area contributed by atoms with Crippen LogP contribution in [0.5, 0.6) is 0 Å². The zero-order chi connectivity index (χ0) is 12.4. The van der Waals surface area contributed by atoms with Crippen molar-refractivity contribution in [2.45, 2.75) is 13.8 Å². The Hall–Kier alpha value is -2.41. The summed E-state index contributed by atoms with van der Waals surface area (Å²) in [5, 5.41) is 8.83. The van der Waals surface area contributed by atoms with Crippen LogP contribution in [-0.2, 0) is 0 Å². The molecule has 0 fully saturated rings. The molecular weight excluding hydrogens is 212 g/mol. The van der Waals surface area contributed by atoms with E-state index in [2.05, 4.69) is 16.0 Å². The fourth-order valence-corrected chi connectivity index (χ4v) is 1.73. The van der Waals surface area contributed by atoms with Crippen molar-refractivity contribution in [3.8, 4) is 17.3 Å². The minimum absolute atomic E-state index is 0.259. The van der Waals surface area contributed by atoms with Crippen LogP contribution in [0, 0.1) is 25.2 Å². The number of aromatic nitrogens is 2. The Morgan fingerprint density at radius 3 is 2.65 bits per heavy atom. The van der Waals surface area contributed by atoms with Crippen molar-refractivity contribution >= 4 is 5.95 Å². The topological polar surface area (TPSA) is 75.6 Å². The Labute approximate surface area is 99.8 Å². The second-order valence-electron chi connectivity index (χ2n) is 3.90. The lowest BCUT2D eigenvalue weighted by molar-refractivity contribution is 1.15. The molecule has 0 aliphatic heterocycles. The molecule has 0 spiro atoms. The van der Waals surface area contributed by atoms with Crippen LogP contribution < -0.4 is 5.73 Å². The molecule has 4 heteroatoms. The molecule has 0 radical (unpaired) electrons. The zero-order valence-electron chi connectivity index (χ0n) is 9.73. The van der Waals surface area contributed by atoms with E-state index in [-0.39, 0.29) is 5.95 Å². The first-order valence-corrected chi connectivity index (χ1v) is 5.22. The van der Waals surface area contributed by atoms with Crippen LogP contribution >= 0.6 is 0 Å². The minimum atomic E-state index is 0.259. The number of benzene rings is 1. The van der Waals surface area contributed by atoms with Crippen molar-refractivity contribution in [2.75, 3.05) is 5.73 Å². The molecule has 0 unspecified atom stereocenters. The maximum atomic E-state index is 8.83. The van der Waals surface area contributed by atoms with Crippen LogP contribution in [0.2, 0.25) is 0 Å². The van der Waals surface area contributed by atoms with Gasteiger partial charge in [0.1, 0.15) is 0 Å². The number of hydrogen-bond donors (Lipinski definition) is 1. The highest BCUT2D eigenvalue weighted by atomic mass is 15.0. The van der Waals surface area contributed by atoms with E-state index in [9.17, 15) is 0 Å². The molecular formula is C13H12N4. The molecule has 0 amide bonds. The molecule has 0 aliphatic rings. The van der Waals surface area contributed by atoms with Crippen LogP contribution in [0.25, 0.3) is 11.3 Å². The Balaban J connectivity index is 2.61. The largest absolute Gasteiger partial charge is 0.368 e. The molecule has 0 aliphatic carbocycles. The fourth-order valence-electron chi connectivity index (χ4n) is 1.73. The van der Waals surface area contributed by atoms with E-state index in [0.717, 1.165) is 22.4 Å². The maximum absolute atomic E-state index is 8.83. The number of anilines is 1. The van der Waals surface area contributed by atoms with E-state index in [1.54, 1.807) is 12.3 Å². The molecule has 0 saturated heterocycles. The number of nitriles is 1. The second-order valence-corrected chi connectivity index (χ2v) is 3.90. The van der Waals surface area contributed by atoms with Crippen LogP contribution in [-0.4, -0.2) is 9.97 Å². The predicted octanol–water partition coefficient (Wildman–Crippen LogP) is 2.21. The average molecular weight is 224 g/mol. The van der Waals surface area contributed by atoms with Gasteiger partial charge in [-0.2, -0.15) is 5.26 Å². The van der Waals surface area contributed by atoms with E-state index >= 15 is 0 Å². The van der Waals surface area contributed by atoms with Crippen LogP contribution in [0.15, 0.2) is 24.4 Å². The molecule has 0 atom stereocenters. The van der Waals surface area contributed by atoms with Gasteiger partial charge in [0.05, 0.1) is 17.3 Å². The first-order valence-electron chi connectivity index (χ1n) is 5.22. The quantitative estimate of drug-likeness (QED) is 0.805. The van der Waals surface area contributed by atoms with Crippen molar-refractivity contribution in [3.05, 3.63) is 41.1 Å². The standard InChI is InChI=1S/C13H12N4/c1-8-5-10(6-14)3-4-11(8)12-9(2)7-16-13(15)17-12/h3-5,7H,1-2H3,(H2,15,16,17). The SMILES string of the molecule is Cc1cc(C#N)ccc1-c1nc(N)ncc1C. The molecule has 1 aromatic carbocycles. The van der Waals surface area contributed by atoms with Crippen LogP contribution in [0.3, 0.4) is 0 Å². The van der Waals surface area contributed by atoms with Gasteiger partial charge in [0, 0.05) is 11.8 Å². The van der Waals surface area contributed by atoms with Gasteiger partial charge in [-0.25, -0.2) is 9.97 Å². The lowest BCUT2D eigenvalue weighted by Crippen LogP contribution is -1.99. The van der Waals surface area contributed by atoms with Gasteiger partial charge < -0.3 is 5.73 Å². The highest BCUT2D eigenvalue weighted by molar-refractivity contribution is 5.68. The van der Waals surface area contributed by atoms with Crippen molar-refractivity contribution in [1.82, 2.24) is 9.97 Å². The second kappa shape index (κ2) is 4.22. The molecule has 17 heavy (non-hydrogen) atoms. The third-order valence-electron chi connectivity index (χ3n) is 2.60. The Kier molecular flexibility index (Phi) is 2.75. The highest BCUT2D eigenvalue weighted by Crippen LogP contribution is 2.25. The molecule has 2 aromatic rings. The minimum Gasteiger partial charge on any atom is -0.368 e. The number of hydrogen-bond acceptors (Lipinski definition) is 4. The van der Waals surface area contributed by atoms with Crippen molar-refractivity contribution in [2.24, 2.45) is 0 Å². The first-order chi connectivity index (χ1) is 8.11. The molecule has 0 saturated carbocycles. The van der Waals surface area contributed by atoms with Gasteiger partial charge >= 0.3 is 0 Å². The maximum Gasteiger partial charge on any atom is 0.220 e. The molecule has 0 bridgehead atoms. The van der Waals surface area contributed by atoms with E-state index in [0.29, 0.717) is 5.56 Å². The van der Waals surface area contributed by atoms with Crippen molar-refractivity contribution < 1.29 is 0 Å². The summed E-state index contributed by atoms with van der Waals surface area (Å²) in [6, 6.07) is 7.62. The lowest BCUT2D eigenvalue weighted by atomic mass is 10.0. The third kappa shape index (κ3) is 2.08. The van der Waals surface area contributed by atoms with Gasteiger partial charge in [-0.3, -0.25) is 0 Å². The summed E-state index contributed by atoms with van der Waals surface area (Å²) in [5.41, 5.74) is 10.0. The molecule has 84 valence electrons. The third-order valence-corrected chi connectivity index (χ3v) is 2.60. The van der Waals surface area contributed by atoms with E-state index < -0.39 is 0 Å². The molecule has 2 N–H and O–H groups in total. The van der Waals surface area contributed by atoms with Crippen molar-refractivity contribution in [1.29, 1.82) is 5.26 Å². The summed E-state index contributed by atoms with van der Waals surface area (Å²) >= 11 is 0. The summed E-state index contributed by atoms with van der Waals surface area (Å²) < 4.78 is 0. The number of nitrogens with zero attached hydrogens (tertiary/aromatic N) is 3. The average Bonchev–Trinajstić information content (AvgIpc) is 2.32. The summed E-state index contributed by atoms with van der Waals surface area (Å²) in [4.78, 5) is 8.19. The monoisotopic (exact) mass is 224 g/mol. The number of nitrogen functional groups attached to an aromatic ring is 1. The van der Waals surface area contributed by atoms with Gasteiger partial charge in [0.25, 0.3) is 0 Å². The van der Waals surface area contributed by atoms with E-state index in [1.807, 2.05) is 26.0 Å².